The van der Waals surface area contributed by atoms with E-state index in [-0.39, 0.29) is 5.56 Å². The molecule has 0 aromatic heterocycles. The van der Waals surface area contributed by atoms with Crippen LogP contribution in [0.15, 0.2) is 29.4 Å². The molecule has 0 fully saturated rings. The molecule has 1 aromatic carbocycles. The molecule has 118 valence electrons. The van der Waals surface area contributed by atoms with Gasteiger partial charge in [0.05, 0.1) is 13.3 Å². The van der Waals surface area contributed by atoms with Crippen LogP contribution >= 0.6 is 0 Å². The third-order valence-electron chi connectivity index (χ3n) is 2.26. The fourth-order valence-corrected chi connectivity index (χ4v) is 1.16. The van der Waals surface area contributed by atoms with Gasteiger partial charge in [0.2, 0.25) is 0 Å². The van der Waals surface area contributed by atoms with Gasteiger partial charge in [-0.3, -0.25) is 0 Å². The average Bonchev–Trinajstić information content (AvgIpc) is 2.37. The molecule has 0 heterocycles. The van der Waals surface area contributed by atoms with Crippen molar-refractivity contribution in [3.05, 3.63) is 29.8 Å². The third kappa shape index (κ3) is 3.76. The summed E-state index contributed by atoms with van der Waals surface area (Å²) in [5.41, 5.74) is 0.677. The molecule has 0 saturated carbocycles. The molecule has 0 radical (unpaired) electrons. The summed E-state index contributed by atoms with van der Waals surface area (Å²) >= 11 is 0. The van der Waals surface area contributed by atoms with Crippen LogP contribution in [0.1, 0.15) is 5.56 Å². The second-order valence-electron chi connectivity index (χ2n) is 3.79. The van der Waals surface area contributed by atoms with E-state index in [2.05, 4.69) is 5.10 Å². The van der Waals surface area contributed by atoms with Crippen molar-refractivity contribution in [2.75, 3.05) is 7.11 Å². The van der Waals surface area contributed by atoms with Crippen molar-refractivity contribution in [3.8, 4) is 5.75 Å². The van der Waals surface area contributed by atoms with E-state index in [1.807, 2.05) is 0 Å². The van der Waals surface area contributed by atoms with Crippen molar-refractivity contribution in [1.29, 1.82) is 0 Å². The number of hydrazone groups is 1. The predicted octanol–water partition coefficient (Wildman–Crippen LogP) is 3.41. The van der Waals surface area contributed by atoms with E-state index in [4.69, 9.17) is 4.74 Å². The van der Waals surface area contributed by atoms with E-state index >= 15 is 0 Å². The summed E-state index contributed by atoms with van der Waals surface area (Å²) in [6.07, 6.45) is -5.75. The number of ether oxygens (including phenoxy) is 1. The molecule has 0 aliphatic heterocycles. The molecule has 3 nitrogen and oxygen atoms in total. The zero-order valence-electron chi connectivity index (χ0n) is 10.4. The van der Waals surface area contributed by atoms with Gasteiger partial charge in [0.15, 0.2) is 0 Å². The minimum Gasteiger partial charge on any atom is -0.497 e. The van der Waals surface area contributed by atoms with E-state index in [0.717, 1.165) is 0 Å². The van der Waals surface area contributed by atoms with Crippen LogP contribution in [0.2, 0.25) is 0 Å². The number of nitrogens with zero attached hydrogens (tertiary/aromatic N) is 1. The van der Waals surface area contributed by atoms with Gasteiger partial charge >= 0.3 is 18.1 Å². The highest BCUT2D eigenvalue weighted by atomic mass is 19.4. The minimum absolute atomic E-state index is 0.160. The molecule has 0 saturated heterocycles. The normalized spacial score (nSPS) is 13.5. The maximum absolute atomic E-state index is 12.8. The summed E-state index contributed by atoms with van der Waals surface area (Å²) in [6.45, 7) is 0. The summed E-state index contributed by atoms with van der Waals surface area (Å²) in [7, 11) is 1.33. The molecule has 0 spiro atoms. The van der Waals surface area contributed by atoms with Crippen molar-refractivity contribution < 1.29 is 35.5 Å². The van der Waals surface area contributed by atoms with Crippen molar-refractivity contribution in [3.63, 3.8) is 0 Å². The highest BCUT2D eigenvalue weighted by Crippen LogP contribution is 2.44. The Morgan fingerprint density at radius 2 is 1.71 bits per heavy atom. The van der Waals surface area contributed by atoms with Gasteiger partial charge in [0.1, 0.15) is 5.75 Å². The van der Waals surface area contributed by atoms with Gasteiger partial charge < -0.3 is 4.74 Å². The van der Waals surface area contributed by atoms with Gasteiger partial charge in [-0.1, -0.05) is 12.1 Å². The molecular weight excluding hydrogens is 309 g/mol. The first-order valence-electron chi connectivity index (χ1n) is 5.28. The van der Waals surface area contributed by atoms with E-state index < -0.39 is 18.1 Å². The summed E-state index contributed by atoms with van der Waals surface area (Å²) in [4.78, 5) is 0. The van der Waals surface area contributed by atoms with Crippen LogP contribution in [0.25, 0.3) is 0 Å². The monoisotopic (exact) mass is 318 g/mol. The molecule has 0 aliphatic rings. The lowest BCUT2D eigenvalue weighted by atomic mass is 10.2. The van der Waals surface area contributed by atoms with Crippen molar-refractivity contribution in [1.82, 2.24) is 5.43 Å². The van der Waals surface area contributed by atoms with Crippen LogP contribution in [-0.2, 0) is 0 Å². The summed E-state index contributed by atoms with van der Waals surface area (Å²) < 4.78 is 91.0. The quantitative estimate of drug-likeness (QED) is 0.391. The standard InChI is InChI=1S/C11H9F7N2O/c1-21-8-4-2-3-7(5-8)6-19-20-11(17,18)9(12,13)10(14,15)16/h2-6,20H,1H3/b19-6+. The van der Waals surface area contributed by atoms with E-state index in [1.54, 1.807) is 0 Å². The zero-order chi connectivity index (χ0) is 16.3. The van der Waals surface area contributed by atoms with Crippen molar-refractivity contribution in [2.45, 2.75) is 18.1 Å². The lowest BCUT2D eigenvalue weighted by molar-refractivity contribution is -0.361. The Labute approximate surface area is 114 Å². The maximum atomic E-state index is 12.8. The number of nitrogens with one attached hydrogen (secondary N) is 1. The van der Waals surface area contributed by atoms with Gasteiger partial charge in [-0.05, 0) is 17.7 Å². The van der Waals surface area contributed by atoms with Gasteiger partial charge in [-0.2, -0.15) is 35.8 Å². The number of rotatable bonds is 5. The molecule has 1 aromatic rings. The van der Waals surface area contributed by atoms with E-state index in [9.17, 15) is 30.7 Å². The van der Waals surface area contributed by atoms with Crippen LogP contribution in [0.4, 0.5) is 30.7 Å². The lowest BCUT2D eigenvalue weighted by Crippen LogP contribution is -2.58. The van der Waals surface area contributed by atoms with Crippen LogP contribution in [0.5, 0.6) is 5.75 Å². The SMILES string of the molecule is COc1cccc(/C=N/NC(F)(F)C(F)(F)C(F)(F)F)c1. The Balaban J connectivity index is 2.83. The zero-order valence-corrected chi connectivity index (χ0v) is 10.4. The second kappa shape index (κ2) is 5.78. The second-order valence-corrected chi connectivity index (χ2v) is 3.79. The van der Waals surface area contributed by atoms with Crippen LogP contribution in [0.3, 0.4) is 0 Å². The van der Waals surface area contributed by atoms with Gasteiger partial charge in [-0.15, -0.1) is 0 Å². The van der Waals surface area contributed by atoms with E-state index in [1.165, 1.54) is 31.4 Å². The molecule has 0 bridgehead atoms. The molecule has 1 rings (SSSR count). The highest BCUT2D eigenvalue weighted by Gasteiger charge is 2.73. The van der Waals surface area contributed by atoms with E-state index in [0.29, 0.717) is 17.4 Å². The molecule has 1 N–H and O–H groups in total. The number of hydrogen-bond acceptors (Lipinski definition) is 3. The summed E-state index contributed by atoms with van der Waals surface area (Å²) in [5, 5.41) is 2.71. The molecule has 0 aliphatic carbocycles. The smallest absolute Gasteiger partial charge is 0.462 e. The topological polar surface area (TPSA) is 33.6 Å². The molecule has 10 heteroatoms. The lowest BCUT2D eigenvalue weighted by Gasteiger charge is -2.27. The molecule has 0 unspecified atom stereocenters. The fourth-order valence-electron chi connectivity index (χ4n) is 1.16. The van der Waals surface area contributed by atoms with Crippen LogP contribution in [-0.4, -0.2) is 31.5 Å². The highest BCUT2D eigenvalue weighted by molar-refractivity contribution is 5.79. The van der Waals surface area contributed by atoms with Crippen LogP contribution in [0, 0.1) is 0 Å². The molecular formula is C11H9F7N2O. The Hall–Kier alpha value is -2.00. The minimum atomic E-state index is -6.41. The molecule has 0 atom stereocenters. The van der Waals surface area contributed by atoms with Crippen molar-refractivity contribution >= 4 is 6.21 Å². The largest absolute Gasteiger partial charge is 0.497 e. The Kier molecular flexibility index (Phi) is 4.69. The summed E-state index contributed by atoms with van der Waals surface area (Å²) in [6, 6.07) is 0.0411. The first-order valence-corrected chi connectivity index (χ1v) is 5.28. The number of hydrogen-bond donors (Lipinski definition) is 1. The Morgan fingerprint density at radius 3 is 2.24 bits per heavy atom. The van der Waals surface area contributed by atoms with Gasteiger partial charge in [0.25, 0.3) is 0 Å². The maximum Gasteiger partial charge on any atom is 0.462 e. The predicted molar refractivity (Wildman–Crippen MR) is 59.7 cm³/mol. The third-order valence-corrected chi connectivity index (χ3v) is 2.26. The summed E-state index contributed by atoms with van der Waals surface area (Å²) in [5.74, 6) is -5.93. The van der Waals surface area contributed by atoms with Gasteiger partial charge in [0, 0.05) is 0 Å². The number of methoxy groups -OCH3 is 1. The fraction of sp³-hybridized carbons (Fsp3) is 0.364. The van der Waals surface area contributed by atoms with Gasteiger partial charge in [-0.25, -0.2) is 5.43 Å². The number of alkyl halides is 7. The molecule has 0 amide bonds. The Bertz CT molecular complexity index is 514. The number of halogens is 7. The average molecular weight is 318 g/mol. The Morgan fingerprint density at radius 1 is 1.10 bits per heavy atom. The van der Waals surface area contributed by atoms with Crippen molar-refractivity contribution in [2.24, 2.45) is 5.10 Å². The van der Waals surface area contributed by atoms with Crippen LogP contribution < -0.4 is 10.2 Å². The molecule has 21 heavy (non-hydrogen) atoms. The number of benzene rings is 1. The first kappa shape index (κ1) is 17.1. The first-order chi connectivity index (χ1) is 9.51.